The third-order valence-corrected chi connectivity index (χ3v) is 1.45. The fraction of sp³-hybridized carbons (Fsp3) is 1.00. The quantitative estimate of drug-likeness (QED) is 0.592. The molecule has 1 aliphatic rings. The highest BCUT2D eigenvalue weighted by atomic mass is 16.7. The molecular weight excluding hydrogens is 148 g/mol. The molecule has 11 heavy (non-hydrogen) atoms. The van der Waals surface area contributed by atoms with Gasteiger partial charge in [0.2, 0.25) is 0 Å². The summed E-state index contributed by atoms with van der Waals surface area (Å²) in [7, 11) is 0. The molecule has 1 aliphatic heterocycles. The van der Waals surface area contributed by atoms with Crippen LogP contribution in [0.3, 0.4) is 0 Å². The van der Waals surface area contributed by atoms with E-state index in [1.165, 1.54) is 0 Å². The Morgan fingerprint density at radius 2 is 2.09 bits per heavy atom. The van der Waals surface area contributed by atoms with E-state index in [0.29, 0.717) is 0 Å². The molecule has 0 radical (unpaired) electrons. The lowest BCUT2D eigenvalue weighted by molar-refractivity contribution is -0.215. The largest absolute Gasteiger partial charge is 0.388 e. The molecule has 1 fully saturated rings. The van der Waals surface area contributed by atoms with Gasteiger partial charge >= 0.3 is 0 Å². The van der Waals surface area contributed by atoms with Crippen LogP contribution < -0.4 is 0 Å². The molecule has 2 N–H and O–H groups in total. The zero-order valence-electron chi connectivity index (χ0n) is 6.73. The first-order valence-electron chi connectivity index (χ1n) is 3.76. The van der Waals surface area contributed by atoms with Gasteiger partial charge in [-0.05, 0) is 13.8 Å². The van der Waals surface area contributed by atoms with Crippen molar-refractivity contribution in [2.75, 3.05) is 0 Å². The van der Waals surface area contributed by atoms with Crippen LogP contribution in [0.2, 0.25) is 0 Å². The number of hydrogen-bond donors (Lipinski definition) is 2. The third kappa shape index (κ3) is 2.41. The van der Waals surface area contributed by atoms with Crippen molar-refractivity contribution in [1.29, 1.82) is 0 Å². The second-order valence-corrected chi connectivity index (χ2v) is 2.95. The van der Waals surface area contributed by atoms with Gasteiger partial charge in [-0.3, -0.25) is 0 Å². The fourth-order valence-corrected chi connectivity index (χ4v) is 1.01. The van der Waals surface area contributed by atoms with Crippen LogP contribution in [0.4, 0.5) is 0 Å². The first-order chi connectivity index (χ1) is 5.09. The lowest BCUT2D eigenvalue weighted by atomic mass is 10.3. The topological polar surface area (TPSA) is 58.9 Å². The summed E-state index contributed by atoms with van der Waals surface area (Å²) in [5.74, 6) is 0. The van der Waals surface area contributed by atoms with Crippen LogP contribution in [0, 0.1) is 0 Å². The van der Waals surface area contributed by atoms with Crippen LogP contribution in [0.5, 0.6) is 0 Å². The second-order valence-electron chi connectivity index (χ2n) is 2.95. The van der Waals surface area contributed by atoms with Gasteiger partial charge in [-0.25, -0.2) is 0 Å². The van der Waals surface area contributed by atoms with Gasteiger partial charge in [-0.15, -0.1) is 0 Å². The molecule has 0 bridgehead atoms. The minimum absolute atomic E-state index is 0.0000463. The van der Waals surface area contributed by atoms with Crippen molar-refractivity contribution in [1.82, 2.24) is 0 Å². The molecule has 4 nitrogen and oxygen atoms in total. The summed E-state index contributed by atoms with van der Waals surface area (Å²) in [4.78, 5) is 0. The average Bonchev–Trinajstić information content (AvgIpc) is 2.09. The van der Waals surface area contributed by atoms with Gasteiger partial charge in [-0.1, -0.05) is 0 Å². The Morgan fingerprint density at radius 1 is 1.45 bits per heavy atom. The molecule has 3 unspecified atom stereocenters. The molecule has 0 aromatic carbocycles. The van der Waals surface area contributed by atoms with Crippen molar-refractivity contribution >= 4 is 0 Å². The highest BCUT2D eigenvalue weighted by Gasteiger charge is 2.33. The van der Waals surface area contributed by atoms with Crippen molar-refractivity contribution in [3.05, 3.63) is 0 Å². The Morgan fingerprint density at radius 3 is 2.45 bits per heavy atom. The highest BCUT2D eigenvalue weighted by Crippen LogP contribution is 2.20. The van der Waals surface area contributed by atoms with Gasteiger partial charge in [0.15, 0.2) is 12.6 Å². The van der Waals surface area contributed by atoms with E-state index in [1.807, 2.05) is 13.8 Å². The first kappa shape index (κ1) is 8.93. The molecule has 1 heterocycles. The van der Waals surface area contributed by atoms with Crippen LogP contribution in [-0.2, 0) is 9.47 Å². The van der Waals surface area contributed by atoms with Crippen molar-refractivity contribution in [3.63, 3.8) is 0 Å². The molecule has 1 saturated heterocycles. The summed E-state index contributed by atoms with van der Waals surface area (Å²) in [6.07, 6.45) is -2.01. The minimum Gasteiger partial charge on any atom is -0.388 e. The van der Waals surface area contributed by atoms with Crippen LogP contribution in [0.1, 0.15) is 20.3 Å². The van der Waals surface area contributed by atoms with E-state index >= 15 is 0 Å². The zero-order chi connectivity index (χ0) is 8.43. The lowest BCUT2D eigenvalue weighted by Gasteiger charge is -2.17. The summed E-state index contributed by atoms with van der Waals surface area (Å²) in [6, 6.07) is 0. The monoisotopic (exact) mass is 162 g/mol. The van der Waals surface area contributed by atoms with Crippen LogP contribution >= 0.6 is 0 Å². The normalized spacial score (nSPS) is 38.5. The number of aliphatic hydroxyl groups excluding tert-OH is 2. The van der Waals surface area contributed by atoms with Gasteiger partial charge in [0.05, 0.1) is 6.10 Å². The van der Waals surface area contributed by atoms with Crippen molar-refractivity contribution in [3.8, 4) is 0 Å². The maximum absolute atomic E-state index is 9.20. The van der Waals surface area contributed by atoms with E-state index < -0.39 is 18.7 Å². The second kappa shape index (κ2) is 3.49. The van der Waals surface area contributed by atoms with Gasteiger partial charge in [-0.2, -0.15) is 0 Å². The smallest absolute Gasteiger partial charge is 0.186 e. The van der Waals surface area contributed by atoms with Crippen LogP contribution in [-0.4, -0.2) is 35.0 Å². The Hall–Kier alpha value is -0.160. The Bertz CT molecular complexity index is 126. The molecule has 0 aromatic rings. The molecule has 1 rings (SSSR count). The summed E-state index contributed by atoms with van der Waals surface area (Å²) in [6.45, 7) is 3.70. The maximum atomic E-state index is 9.20. The highest BCUT2D eigenvalue weighted by molar-refractivity contribution is 4.70. The third-order valence-electron chi connectivity index (χ3n) is 1.45. The van der Waals surface area contributed by atoms with Crippen molar-refractivity contribution < 1.29 is 19.7 Å². The predicted molar refractivity (Wildman–Crippen MR) is 37.7 cm³/mol. The fourth-order valence-electron chi connectivity index (χ4n) is 1.01. The number of ether oxygens (including phenoxy) is 2. The molecule has 0 amide bonds. The average molecular weight is 162 g/mol. The molecule has 3 atom stereocenters. The molecule has 0 aliphatic carbocycles. The Kier molecular flexibility index (Phi) is 2.84. The molecule has 4 heteroatoms. The summed E-state index contributed by atoms with van der Waals surface area (Å²) in [5.41, 5.74) is 0. The molecule has 0 spiro atoms. The van der Waals surface area contributed by atoms with E-state index in [2.05, 4.69) is 0 Å². The van der Waals surface area contributed by atoms with E-state index in [4.69, 9.17) is 14.6 Å². The van der Waals surface area contributed by atoms with Gasteiger partial charge in [0, 0.05) is 6.42 Å². The van der Waals surface area contributed by atoms with E-state index in [-0.39, 0.29) is 12.5 Å². The van der Waals surface area contributed by atoms with Gasteiger partial charge < -0.3 is 19.7 Å². The standard InChI is InChI=1S/C7H14O4/c1-4(2)10-7-5(8)3-6(9)11-7/h4-9H,3H2,1-2H3. The zero-order valence-corrected chi connectivity index (χ0v) is 6.73. The van der Waals surface area contributed by atoms with Gasteiger partial charge in [0.1, 0.15) is 6.10 Å². The molecule has 0 saturated carbocycles. The summed E-state index contributed by atoms with van der Waals surface area (Å²) in [5, 5.41) is 18.1. The molecular formula is C7H14O4. The Labute approximate surface area is 65.7 Å². The number of hydrogen-bond acceptors (Lipinski definition) is 4. The summed E-state index contributed by atoms with van der Waals surface area (Å²) < 4.78 is 10.0. The molecule has 0 aromatic heterocycles. The number of aliphatic hydroxyl groups is 2. The predicted octanol–water partition coefficient (Wildman–Crippen LogP) is -0.163. The summed E-state index contributed by atoms with van der Waals surface area (Å²) >= 11 is 0. The van der Waals surface area contributed by atoms with E-state index in [0.717, 1.165) is 0 Å². The lowest BCUT2D eigenvalue weighted by Crippen LogP contribution is -2.27. The minimum atomic E-state index is -0.881. The van der Waals surface area contributed by atoms with Crippen molar-refractivity contribution in [2.24, 2.45) is 0 Å². The van der Waals surface area contributed by atoms with E-state index in [9.17, 15) is 5.11 Å². The Balaban J connectivity index is 2.34. The molecule has 66 valence electrons. The van der Waals surface area contributed by atoms with Crippen molar-refractivity contribution in [2.45, 2.75) is 45.1 Å². The van der Waals surface area contributed by atoms with Crippen LogP contribution in [0.15, 0.2) is 0 Å². The number of rotatable bonds is 2. The van der Waals surface area contributed by atoms with E-state index in [1.54, 1.807) is 0 Å². The van der Waals surface area contributed by atoms with Crippen LogP contribution in [0.25, 0.3) is 0 Å². The first-order valence-corrected chi connectivity index (χ1v) is 3.76. The SMILES string of the molecule is CC(C)OC1OC(O)CC1O. The maximum Gasteiger partial charge on any atom is 0.186 e. The van der Waals surface area contributed by atoms with Gasteiger partial charge in [0.25, 0.3) is 0 Å².